The Hall–Kier alpha value is -2.00. The van der Waals surface area contributed by atoms with Crippen molar-refractivity contribution in [3.8, 4) is 5.75 Å². The first-order chi connectivity index (χ1) is 14.8. The number of nitrogens with zero attached hydrogens (tertiary/aromatic N) is 3. The van der Waals surface area contributed by atoms with Crippen LogP contribution in [-0.4, -0.2) is 81.8 Å². The monoisotopic (exact) mass is 443 g/mol. The normalized spacial score (nSPS) is 17.8. The summed E-state index contributed by atoms with van der Waals surface area (Å²) in [6.07, 6.45) is -1.77. The molecule has 0 spiro atoms. The van der Waals surface area contributed by atoms with Crippen molar-refractivity contribution in [2.45, 2.75) is 38.5 Å². The number of alkyl halides is 3. The van der Waals surface area contributed by atoms with Gasteiger partial charge in [0.15, 0.2) is 5.96 Å². The molecule has 6 nitrogen and oxygen atoms in total. The summed E-state index contributed by atoms with van der Waals surface area (Å²) >= 11 is 0. The largest absolute Gasteiger partial charge is 0.489 e. The van der Waals surface area contributed by atoms with E-state index in [-0.39, 0.29) is 11.9 Å². The van der Waals surface area contributed by atoms with Crippen LogP contribution in [0.4, 0.5) is 13.2 Å². The maximum atomic E-state index is 12.9. The van der Waals surface area contributed by atoms with E-state index in [9.17, 15) is 13.2 Å². The molecule has 1 heterocycles. The van der Waals surface area contributed by atoms with Gasteiger partial charge < -0.3 is 25.2 Å². The Bertz CT molecular complexity index is 683. The van der Waals surface area contributed by atoms with Gasteiger partial charge in [0.1, 0.15) is 11.9 Å². The predicted octanol–water partition coefficient (Wildman–Crippen LogP) is 3.06. The van der Waals surface area contributed by atoms with Crippen LogP contribution in [0.1, 0.15) is 31.7 Å². The average Bonchev–Trinajstić information content (AvgIpc) is 2.95. The Labute approximate surface area is 183 Å². The minimum absolute atomic E-state index is 0.217. The average molecular weight is 444 g/mol. The van der Waals surface area contributed by atoms with Crippen molar-refractivity contribution in [3.63, 3.8) is 0 Å². The second-order valence-electron chi connectivity index (χ2n) is 7.91. The third-order valence-electron chi connectivity index (χ3n) is 5.40. The molecule has 1 aliphatic rings. The number of hydrogen-bond acceptors (Lipinski definition) is 4. The maximum Gasteiger partial charge on any atom is 0.416 e. The Morgan fingerprint density at radius 1 is 1.19 bits per heavy atom. The standard InChI is InChI=1S/C22H36F3N5O/c1-4-19(31-20-9-5-8-18(16-20)22(23,24)25)17-28-21(26-2)27-10-6-12-30-13-7-11-29(3)14-15-30/h5,8-9,16,19H,4,6-7,10-15,17H2,1-3H3,(H2,26,27,28). The van der Waals surface area contributed by atoms with E-state index in [4.69, 9.17) is 4.74 Å². The maximum absolute atomic E-state index is 12.9. The van der Waals surface area contributed by atoms with Gasteiger partial charge in [-0.2, -0.15) is 13.2 Å². The van der Waals surface area contributed by atoms with Crippen molar-refractivity contribution in [1.82, 2.24) is 20.4 Å². The molecule has 1 aromatic carbocycles. The van der Waals surface area contributed by atoms with Gasteiger partial charge in [0.25, 0.3) is 0 Å². The number of benzene rings is 1. The molecule has 2 N–H and O–H groups in total. The fourth-order valence-corrected chi connectivity index (χ4v) is 3.47. The summed E-state index contributed by atoms with van der Waals surface area (Å²) in [4.78, 5) is 9.09. The van der Waals surface area contributed by atoms with E-state index in [1.54, 1.807) is 13.1 Å². The molecule has 0 bridgehead atoms. The zero-order valence-electron chi connectivity index (χ0n) is 18.8. The van der Waals surface area contributed by atoms with Gasteiger partial charge in [0.05, 0.1) is 12.1 Å². The smallest absolute Gasteiger partial charge is 0.416 e. The highest BCUT2D eigenvalue weighted by Crippen LogP contribution is 2.31. The van der Waals surface area contributed by atoms with Crippen LogP contribution in [0.25, 0.3) is 0 Å². The van der Waals surface area contributed by atoms with Crippen molar-refractivity contribution >= 4 is 5.96 Å². The minimum atomic E-state index is -4.38. The molecule has 31 heavy (non-hydrogen) atoms. The Morgan fingerprint density at radius 2 is 2.00 bits per heavy atom. The van der Waals surface area contributed by atoms with Gasteiger partial charge in [0.2, 0.25) is 0 Å². The van der Waals surface area contributed by atoms with Gasteiger partial charge in [-0.25, -0.2) is 0 Å². The summed E-state index contributed by atoms with van der Waals surface area (Å²) in [7, 11) is 3.87. The number of likely N-dealkylation sites (N-methyl/N-ethyl adjacent to an activating group) is 1. The fourth-order valence-electron chi connectivity index (χ4n) is 3.47. The third-order valence-corrected chi connectivity index (χ3v) is 5.40. The number of guanidine groups is 1. The number of halogens is 3. The number of nitrogens with one attached hydrogen (secondary N) is 2. The molecule has 0 aromatic heterocycles. The van der Waals surface area contributed by atoms with Crippen molar-refractivity contribution in [2.24, 2.45) is 4.99 Å². The Kier molecular flexibility index (Phi) is 10.4. The van der Waals surface area contributed by atoms with Crippen molar-refractivity contribution in [3.05, 3.63) is 29.8 Å². The first-order valence-electron chi connectivity index (χ1n) is 11.0. The number of rotatable bonds is 9. The van der Waals surface area contributed by atoms with E-state index in [0.29, 0.717) is 18.9 Å². The minimum Gasteiger partial charge on any atom is -0.489 e. The van der Waals surface area contributed by atoms with Crippen molar-refractivity contribution < 1.29 is 17.9 Å². The highest BCUT2D eigenvalue weighted by molar-refractivity contribution is 5.79. The summed E-state index contributed by atoms with van der Waals surface area (Å²) < 4.78 is 44.4. The number of aliphatic imine (C=N–C) groups is 1. The van der Waals surface area contributed by atoms with Crippen molar-refractivity contribution in [2.75, 3.05) is 59.9 Å². The molecule has 9 heteroatoms. The SMILES string of the molecule is CCC(CNC(=NC)NCCCN1CCCN(C)CC1)Oc1cccc(C(F)(F)F)c1. The van der Waals surface area contributed by atoms with Crippen LogP contribution in [0, 0.1) is 0 Å². The number of ether oxygens (including phenoxy) is 1. The van der Waals surface area contributed by atoms with Crippen molar-refractivity contribution in [1.29, 1.82) is 0 Å². The molecule has 1 fully saturated rings. The number of hydrogen-bond donors (Lipinski definition) is 2. The molecular formula is C22H36F3N5O. The van der Waals surface area contributed by atoms with E-state index >= 15 is 0 Å². The molecule has 1 saturated heterocycles. The zero-order chi connectivity index (χ0) is 22.7. The summed E-state index contributed by atoms with van der Waals surface area (Å²) in [5.74, 6) is 0.885. The molecular weight excluding hydrogens is 407 g/mol. The quantitative estimate of drug-likeness (QED) is 0.349. The summed E-state index contributed by atoms with van der Waals surface area (Å²) in [5.41, 5.74) is -0.707. The van der Waals surface area contributed by atoms with Crippen LogP contribution in [0.15, 0.2) is 29.3 Å². The van der Waals surface area contributed by atoms with Crippen LogP contribution in [0.2, 0.25) is 0 Å². The highest BCUT2D eigenvalue weighted by Gasteiger charge is 2.30. The molecule has 0 saturated carbocycles. The predicted molar refractivity (Wildman–Crippen MR) is 119 cm³/mol. The molecule has 0 aliphatic carbocycles. The first kappa shape index (κ1) is 25.3. The lowest BCUT2D eigenvalue weighted by Gasteiger charge is -2.22. The van der Waals surface area contributed by atoms with E-state index in [1.165, 1.54) is 12.5 Å². The molecule has 0 amide bonds. The Morgan fingerprint density at radius 3 is 2.71 bits per heavy atom. The summed E-state index contributed by atoms with van der Waals surface area (Å²) in [6.45, 7) is 8.76. The zero-order valence-corrected chi connectivity index (χ0v) is 18.8. The molecule has 176 valence electrons. The molecule has 1 unspecified atom stereocenters. The highest BCUT2D eigenvalue weighted by atomic mass is 19.4. The molecule has 1 aliphatic heterocycles. The molecule has 0 radical (unpaired) electrons. The topological polar surface area (TPSA) is 52.1 Å². The van der Waals surface area contributed by atoms with E-state index < -0.39 is 11.7 Å². The summed E-state index contributed by atoms with van der Waals surface area (Å²) in [6, 6.07) is 4.99. The lowest BCUT2D eigenvalue weighted by Crippen LogP contribution is -2.43. The molecule has 1 aromatic rings. The fraction of sp³-hybridized carbons (Fsp3) is 0.682. The summed E-state index contributed by atoms with van der Waals surface area (Å²) in [5, 5.41) is 6.51. The Balaban J connectivity index is 1.72. The molecule has 2 rings (SSSR count). The third kappa shape index (κ3) is 9.35. The van der Waals surface area contributed by atoms with Crippen LogP contribution in [0.3, 0.4) is 0 Å². The van der Waals surface area contributed by atoms with Crippen LogP contribution >= 0.6 is 0 Å². The van der Waals surface area contributed by atoms with Crippen LogP contribution in [0.5, 0.6) is 5.75 Å². The van der Waals surface area contributed by atoms with Gasteiger partial charge in [-0.3, -0.25) is 4.99 Å². The second-order valence-corrected chi connectivity index (χ2v) is 7.91. The van der Waals surface area contributed by atoms with Gasteiger partial charge in [-0.05, 0) is 64.1 Å². The lowest BCUT2D eigenvalue weighted by molar-refractivity contribution is -0.137. The van der Waals surface area contributed by atoms with E-state index in [0.717, 1.165) is 57.8 Å². The van der Waals surface area contributed by atoms with Crippen LogP contribution in [-0.2, 0) is 6.18 Å². The van der Waals surface area contributed by atoms with E-state index in [2.05, 4.69) is 32.5 Å². The first-order valence-corrected chi connectivity index (χ1v) is 11.0. The second kappa shape index (κ2) is 12.8. The van der Waals surface area contributed by atoms with Gasteiger partial charge >= 0.3 is 6.18 Å². The molecule has 1 atom stereocenters. The van der Waals surface area contributed by atoms with E-state index in [1.807, 2.05) is 6.92 Å². The van der Waals surface area contributed by atoms with Crippen LogP contribution < -0.4 is 15.4 Å². The van der Waals surface area contributed by atoms with Gasteiger partial charge in [-0.15, -0.1) is 0 Å². The van der Waals surface area contributed by atoms with Gasteiger partial charge in [0, 0.05) is 26.7 Å². The van der Waals surface area contributed by atoms with Gasteiger partial charge in [-0.1, -0.05) is 13.0 Å². The lowest BCUT2D eigenvalue weighted by atomic mass is 10.2.